The number of anilines is 1. The number of hydrogen-bond donors (Lipinski definition) is 0. The molecule has 9 nitrogen and oxygen atoms in total. The second-order valence-electron chi connectivity index (χ2n) is 15.8. The molecular formula is C46H54Cl2N6O3. The number of ether oxygens (including phenoxy) is 1. The van der Waals surface area contributed by atoms with Crippen LogP contribution in [-0.2, 0) is 31.2 Å². The van der Waals surface area contributed by atoms with Gasteiger partial charge in [-0.2, -0.15) is 5.10 Å². The Morgan fingerprint density at radius 1 is 0.912 bits per heavy atom. The zero-order valence-corrected chi connectivity index (χ0v) is 34.7. The average Bonchev–Trinajstić information content (AvgIpc) is 3.81. The van der Waals surface area contributed by atoms with E-state index >= 15 is 4.79 Å². The minimum atomic E-state index is -0.0607. The van der Waals surface area contributed by atoms with Crippen molar-refractivity contribution >= 4 is 62.9 Å². The Kier molecular flexibility index (Phi) is 11.8. The normalized spacial score (nSPS) is 16.1. The second-order valence-corrected chi connectivity index (χ2v) is 16.5. The van der Waals surface area contributed by atoms with Crippen molar-refractivity contribution in [2.45, 2.75) is 80.3 Å². The number of rotatable bonds is 11. The fraction of sp³-hybridized carbons (Fsp3) is 0.413. The Balaban J connectivity index is 0.00000496. The van der Waals surface area contributed by atoms with E-state index in [0.29, 0.717) is 17.1 Å². The highest BCUT2D eigenvalue weighted by atomic mass is 35.5. The summed E-state index contributed by atoms with van der Waals surface area (Å²) in [7, 11) is 1.96. The van der Waals surface area contributed by atoms with Gasteiger partial charge in [-0.1, -0.05) is 61.0 Å². The molecule has 0 unspecified atom stereocenters. The number of carbonyl (C=O) groups is 2. The third kappa shape index (κ3) is 7.33. The molecule has 300 valence electrons. The van der Waals surface area contributed by atoms with Crippen LogP contribution >= 0.6 is 23.2 Å². The van der Waals surface area contributed by atoms with Gasteiger partial charge in [-0.3, -0.25) is 19.2 Å². The van der Waals surface area contributed by atoms with E-state index in [2.05, 4.69) is 66.1 Å². The number of carbonyl (C=O) groups excluding carboxylic acids is 2. The van der Waals surface area contributed by atoms with Crippen LogP contribution in [0.25, 0.3) is 32.9 Å². The van der Waals surface area contributed by atoms with Crippen LogP contribution in [0.4, 0.5) is 5.69 Å². The van der Waals surface area contributed by atoms with Gasteiger partial charge in [0, 0.05) is 90.2 Å². The van der Waals surface area contributed by atoms with Gasteiger partial charge >= 0.3 is 0 Å². The summed E-state index contributed by atoms with van der Waals surface area (Å²) in [5, 5.41) is 8.27. The van der Waals surface area contributed by atoms with Crippen molar-refractivity contribution in [3.63, 3.8) is 0 Å². The van der Waals surface area contributed by atoms with E-state index in [4.69, 9.17) is 33.0 Å². The van der Waals surface area contributed by atoms with Gasteiger partial charge < -0.3 is 18.8 Å². The van der Waals surface area contributed by atoms with Crippen LogP contribution in [0.3, 0.4) is 0 Å². The van der Waals surface area contributed by atoms with E-state index < -0.39 is 0 Å². The van der Waals surface area contributed by atoms with Gasteiger partial charge in [-0.25, -0.2) is 0 Å². The van der Waals surface area contributed by atoms with Gasteiger partial charge in [-0.15, -0.1) is 0 Å². The van der Waals surface area contributed by atoms with Gasteiger partial charge in [-0.05, 0) is 94.7 Å². The van der Waals surface area contributed by atoms with Crippen molar-refractivity contribution in [2.24, 2.45) is 7.05 Å². The Morgan fingerprint density at radius 3 is 2.30 bits per heavy atom. The number of benzene rings is 3. The minimum Gasteiger partial charge on any atom is -0.379 e. The molecule has 0 radical (unpaired) electrons. The van der Waals surface area contributed by atoms with Crippen molar-refractivity contribution in [1.82, 2.24) is 23.8 Å². The molecule has 8 rings (SSSR count). The maximum absolute atomic E-state index is 15.3. The zero-order chi connectivity index (χ0) is 39.4. The molecule has 0 saturated carbocycles. The zero-order valence-electron chi connectivity index (χ0n) is 33.2. The highest BCUT2D eigenvalue weighted by Crippen LogP contribution is 2.46. The molecule has 3 aromatic carbocycles. The Hall–Kier alpha value is -4.41. The number of aromatic nitrogens is 4. The summed E-state index contributed by atoms with van der Waals surface area (Å²) in [5.41, 5.74) is 12.6. The van der Waals surface area contributed by atoms with E-state index in [-0.39, 0.29) is 19.4 Å². The molecule has 2 aliphatic rings. The SMILES string of the molecule is C.Cc1cc(CCCCc2c3n(c4c(-c5c(C)nn(C)c5C)c(Cl)ccc24)[C@H](C)CN(c2cn(CCN4CCOCC4)c4cc(C=O)ccc24)C3=O)cc(C)c1Cl. The van der Waals surface area contributed by atoms with Gasteiger partial charge in [0.2, 0.25) is 0 Å². The van der Waals surface area contributed by atoms with Crippen molar-refractivity contribution in [3.05, 3.63) is 104 Å². The fourth-order valence-electron chi connectivity index (χ4n) is 9.16. The van der Waals surface area contributed by atoms with Gasteiger partial charge in [0.15, 0.2) is 0 Å². The van der Waals surface area contributed by atoms with E-state index in [1.165, 1.54) is 5.56 Å². The van der Waals surface area contributed by atoms with Gasteiger partial charge in [0.25, 0.3) is 5.91 Å². The lowest BCUT2D eigenvalue weighted by Crippen LogP contribution is -2.42. The summed E-state index contributed by atoms with van der Waals surface area (Å²) in [6.07, 6.45) is 6.56. The summed E-state index contributed by atoms with van der Waals surface area (Å²) in [6, 6.07) is 14.2. The molecule has 0 N–H and O–H groups in total. The molecule has 1 fully saturated rings. The van der Waals surface area contributed by atoms with Crippen LogP contribution < -0.4 is 4.90 Å². The number of nitrogens with zero attached hydrogens (tertiary/aromatic N) is 6. The maximum atomic E-state index is 15.3. The monoisotopic (exact) mass is 808 g/mol. The standard InChI is InChI=1S/C45H50Cl2N6O3.CH4/c1-27-21-32(22-28(2)42(27)47)9-7-8-10-34-35-13-14-37(46)41(40-30(4)48-49(6)31(40)5)43(35)53-29(3)24-52(45(55)44(34)53)39-25-51(16-15-50-17-19-56-20-18-50)38-23-33(26-54)11-12-36(38)39;/h11-14,21-23,25-26,29H,7-10,15-20,24H2,1-6H3;1H4/t29-;/m1./s1. The summed E-state index contributed by atoms with van der Waals surface area (Å²) in [6.45, 7) is 15.8. The molecular weight excluding hydrogens is 755 g/mol. The van der Waals surface area contributed by atoms with E-state index in [0.717, 1.165) is 149 Å². The molecule has 1 saturated heterocycles. The topological polar surface area (TPSA) is 77.5 Å². The molecule has 57 heavy (non-hydrogen) atoms. The van der Waals surface area contributed by atoms with E-state index in [9.17, 15) is 4.79 Å². The number of aryl methyl sites for hydroxylation is 6. The maximum Gasteiger partial charge on any atom is 0.275 e. The van der Waals surface area contributed by atoms with Crippen LogP contribution in [0, 0.1) is 27.7 Å². The molecule has 1 atom stereocenters. The van der Waals surface area contributed by atoms with Crippen molar-refractivity contribution in [1.29, 1.82) is 0 Å². The molecule has 1 amide bonds. The number of hydrogen-bond acceptors (Lipinski definition) is 5. The Labute approximate surface area is 346 Å². The third-order valence-electron chi connectivity index (χ3n) is 12.0. The van der Waals surface area contributed by atoms with Crippen LogP contribution in [0.1, 0.15) is 87.7 Å². The van der Waals surface area contributed by atoms with Crippen molar-refractivity contribution in [2.75, 3.05) is 44.3 Å². The quantitative estimate of drug-likeness (QED) is 0.0963. The molecule has 3 aromatic heterocycles. The molecule has 11 heteroatoms. The van der Waals surface area contributed by atoms with Crippen molar-refractivity contribution in [3.8, 4) is 11.1 Å². The summed E-state index contributed by atoms with van der Waals surface area (Å²) in [4.78, 5) is 31.6. The summed E-state index contributed by atoms with van der Waals surface area (Å²) in [5.74, 6) is -0.0216. The summed E-state index contributed by atoms with van der Waals surface area (Å²) >= 11 is 13.7. The second kappa shape index (κ2) is 16.5. The van der Waals surface area contributed by atoms with Gasteiger partial charge in [0.1, 0.15) is 12.0 Å². The number of halogens is 2. The lowest BCUT2D eigenvalue weighted by Gasteiger charge is -2.34. The molecule has 0 aliphatic carbocycles. The average molecular weight is 810 g/mol. The number of fused-ring (bicyclic) bond motifs is 4. The first-order valence-electron chi connectivity index (χ1n) is 19.8. The number of aldehydes is 1. The largest absolute Gasteiger partial charge is 0.379 e. The van der Waals surface area contributed by atoms with Crippen LogP contribution in [-0.4, -0.2) is 75.4 Å². The Bertz CT molecular complexity index is 2480. The van der Waals surface area contributed by atoms with E-state index in [1.807, 2.05) is 47.8 Å². The molecule has 6 aromatic rings. The highest BCUT2D eigenvalue weighted by Gasteiger charge is 2.37. The van der Waals surface area contributed by atoms with Crippen LogP contribution in [0.2, 0.25) is 10.0 Å². The summed E-state index contributed by atoms with van der Waals surface area (Å²) < 4.78 is 12.0. The number of unbranched alkanes of at least 4 members (excludes halogenated alkanes) is 1. The van der Waals surface area contributed by atoms with Crippen LogP contribution in [0.15, 0.2) is 48.7 Å². The third-order valence-corrected chi connectivity index (χ3v) is 12.9. The smallest absolute Gasteiger partial charge is 0.275 e. The van der Waals surface area contributed by atoms with Crippen molar-refractivity contribution < 1.29 is 14.3 Å². The molecule has 0 bridgehead atoms. The predicted octanol–water partition coefficient (Wildman–Crippen LogP) is 10.1. The Morgan fingerprint density at radius 2 is 1.61 bits per heavy atom. The lowest BCUT2D eigenvalue weighted by molar-refractivity contribution is 0.0365. The lowest BCUT2D eigenvalue weighted by atomic mass is 9.96. The highest BCUT2D eigenvalue weighted by molar-refractivity contribution is 6.35. The minimum absolute atomic E-state index is 0. The number of amides is 1. The first kappa shape index (κ1) is 40.8. The van der Waals surface area contributed by atoms with E-state index in [1.54, 1.807) is 0 Å². The first-order valence-corrected chi connectivity index (χ1v) is 20.5. The number of morpholine rings is 1. The van der Waals surface area contributed by atoms with Crippen LogP contribution in [0.5, 0.6) is 0 Å². The molecule has 5 heterocycles. The first-order chi connectivity index (χ1) is 27.0. The molecule has 0 spiro atoms. The van der Waals surface area contributed by atoms with Gasteiger partial charge in [0.05, 0.1) is 40.7 Å². The molecule has 2 aliphatic heterocycles. The fourth-order valence-corrected chi connectivity index (χ4v) is 9.51. The predicted molar refractivity (Wildman–Crippen MR) is 234 cm³/mol.